The number of nitrogens with zero attached hydrogens (tertiary/aromatic N) is 1. The van der Waals surface area contributed by atoms with Crippen molar-refractivity contribution in [1.82, 2.24) is 4.90 Å². The van der Waals surface area contributed by atoms with E-state index in [0.717, 1.165) is 6.92 Å². The summed E-state index contributed by atoms with van der Waals surface area (Å²) in [4.78, 5) is 71.0. The van der Waals surface area contributed by atoms with E-state index in [-0.39, 0.29) is 18.4 Å². The monoisotopic (exact) mass is 1030 g/mol. The normalized spacial score (nSPS) is 36.7. The van der Waals surface area contributed by atoms with Crippen LogP contribution in [0.1, 0.15) is 116 Å². The van der Waals surface area contributed by atoms with Crippen molar-refractivity contribution in [3.63, 3.8) is 0 Å². The van der Waals surface area contributed by atoms with Gasteiger partial charge in [-0.2, -0.15) is 13.2 Å². The molecule has 0 aliphatic carbocycles. The summed E-state index contributed by atoms with van der Waals surface area (Å²) in [5.74, 6) is -8.17. The van der Waals surface area contributed by atoms with Crippen molar-refractivity contribution >= 4 is 29.7 Å². The van der Waals surface area contributed by atoms with E-state index in [0.29, 0.717) is 18.1 Å². The summed E-state index contributed by atoms with van der Waals surface area (Å²) in [5.41, 5.74) is -6.29. The first kappa shape index (κ1) is 59.1. The number of methoxy groups -OCH3 is 2. The molecule has 2 fully saturated rings. The van der Waals surface area contributed by atoms with E-state index >= 15 is 13.2 Å². The Kier molecular flexibility index (Phi) is 19.7. The summed E-state index contributed by atoms with van der Waals surface area (Å²) in [5, 5.41) is 0. The molecule has 0 spiro atoms. The predicted molar refractivity (Wildman–Crippen MR) is 259 cm³/mol. The van der Waals surface area contributed by atoms with Crippen LogP contribution in [-0.4, -0.2) is 147 Å². The lowest BCUT2D eigenvalue weighted by Crippen LogP contribution is -2.62. The highest BCUT2D eigenvalue weighted by Gasteiger charge is 2.64. The van der Waals surface area contributed by atoms with Crippen molar-refractivity contribution in [1.29, 1.82) is 0 Å². The number of hydrogen-bond acceptors (Lipinski definition) is 16. The Balaban J connectivity index is 1.69. The van der Waals surface area contributed by atoms with Gasteiger partial charge >= 0.3 is 30.1 Å². The molecule has 0 bridgehead atoms. The van der Waals surface area contributed by atoms with Gasteiger partial charge in [0.1, 0.15) is 5.60 Å². The maximum absolute atomic E-state index is 15.7. The first-order valence-corrected chi connectivity index (χ1v) is 24.8. The largest absolute Gasteiger partial charge is 0.457 e. The quantitative estimate of drug-likeness (QED) is 0.138. The maximum atomic E-state index is 15.7. The molecular formula is C54H74F3NO15. The minimum Gasteiger partial charge on any atom is -0.457 e. The van der Waals surface area contributed by atoms with E-state index < -0.39 is 144 Å². The second-order valence-electron chi connectivity index (χ2n) is 20.3. The van der Waals surface area contributed by atoms with Crippen molar-refractivity contribution in [2.75, 3.05) is 28.3 Å². The molecule has 2 aromatic rings. The van der Waals surface area contributed by atoms with Crippen LogP contribution in [0.25, 0.3) is 0 Å². The Bertz CT molecular complexity index is 2250. The summed E-state index contributed by atoms with van der Waals surface area (Å²) >= 11 is 0. The molecule has 406 valence electrons. The zero-order chi connectivity index (χ0) is 54.4. The van der Waals surface area contributed by atoms with Gasteiger partial charge in [-0.3, -0.25) is 14.4 Å². The number of carbonyl (C=O) groups is 5. The molecule has 5 rings (SSSR count). The topological polar surface area (TPSA) is 181 Å². The van der Waals surface area contributed by atoms with Crippen molar-refractivity contribution in [3.05, 3.63) is 83.4 Å². The molecule has 2 saturated heterocycles. The summed E-state index contributed by atoms with van der Waals surface area (Å²) in [6, 6.07) is 16.3. The number of benzene rings is 2. The zero-order valence-corrected chi connectivity index (χ0v) is 44.4. The van der Waals surface area contributed by atoms with Crippen molar-refractivity contribution < 1.29 is 84.5 Å². The average Bonchev–Trinajstić information content (AvgIpc) is 3.34. The van der Waals surface area contributed by atoms with Crippen molar-refractivity contribution in [3.8, 4) is 0 Å². The summed E-state index contributed by atoms with van der Waals surface area (Å²) < 4.78 is 110. The molecule has 0 amide bonds. The highest BCUT2D eigenvalue weighted by atomic mass is 19.4. The number of Topliss-reactive ketones (excluding diaryl/α,β-unsaturated/α-hetero) is 1. The minimum atomic E-state index is -5.40. The lowest BCUT2D eigenvalue weighted by molar-refractivity contribution is -0.319. The highest BCUT2D eigenvalue weighted by molar-refractivity contribution is 5.96. The van der Waals surface area contributed by atoms with E-state index in [1.807, 2.05) is 25.9 Å². The first-order chi connectivity index (χ1) is 34.1. The number of alkyl halides is 3. The summed E-state index contributed by atoms with van der Waals surface area (Å²) in [6.45, 7) is 14.8. The van der Waals surface area contributed by atoms with Crippen LogP contribution >= 0.6 is 0 Å². The molecule has 73 heavy (non-hydrogen) atoms. The van der Waals surface area contributed by atoms with Crippen LogP contribution in [0, 0.1) is 17.8 Å². The number of likely N-dealkylation sites (N-methyl/N-ethyl adjacent to an activating group) is 1. The number of ether oxygens (including phenoxy) is 10. The van der Waals surface area contributed by atoms with Gasteiger partial charge in [0.25, 0.3) is 5.60 Å². The van der Waals surface area contributed by atoms with Crippen LogP contribution in [0.2, 0.25) is 0 Å². The Morgan fingerprint density at radius 2 is 1.33 bits per heavy atom. The molecule has 0 radical (unpaired) electrons. The number of allylic oxidation sites excluding steroid dienone is 1. The van der Waals surface area contributed by atoms with Gasteiger partial charge in [0, 0.05) is 39.4 Å². The van der Waals surface area contributed by atoms with Crippen LogP contribution in [0.3, 0.4) is 0 Å². The fourth-order valence-electron chi connectivity index (χ4n) is 10.5. The number of esters is 4. The molecule has 2 unspecified atom stereocenters. The molecule has 16 nitrogen and oxygen atoms in total. The van der Waals surface area contributed by atoms with E-state index in [1.165, 1.54) is 41.9 Å². The fraction of sp³-hybridized carbons (Fsp3) is 0.648. The van der Waals surface area contributed by atoms with Gasteiger partial charge in [-0.05, 0) is 111 Å². The van der Waals surface area contributed by atoms with Crippen LogP contribution in [0.15, 0.2) is 72.3 Å². The van der Waals surface area contributed by atoms with E-state index in [1.54, 1.807) is 88.4 Å². The molecule has 19 heteroatoms. The van der Waals surface area contributed by atoms with Crippen LogP contribution in [0.5, 0.6) is 0 Å². The fourth-order valence-corrected chi connectivity index (χ4v) is 10.5. The number of cyclic esters (lactones) is 1. The second kappa shape index (κ2) is 24.3. The van der Waals surface area contributed by atoms with E-state index in [4.69, 9.17) is 47.4 Å². The molecule has 0 saturated carbocycles. The predicted octanol–water partition coefficient (Wildman–Crippen LogP) is 8.23. The van der Waals surface area contributed by atoms with Gasteiger partial charge in [0.05, 0.1) is 53.1 Å². The summed E-state index contributed by atoms with van der Waals surface area (Å²) in [7, 11) is 6.48. The lowest BCUT2D eigenvalue weighted by atomic mass is 9.76. The second-order valence-corrected chi connectivity index (χ2v) is 20.3. The van der Waals surface area contributed by atoms with E-state index in [9.17, 15) is 24.0 Å². The Morgan fingerprint density at radius 3 is 1.84 bits per heavy atom. The molecule has 0 N–H and O–H groups in total. The smallest absolute Gasteiger partial charge is 0.435 e. The SMILES string of the molecule is CC[C@H]1OC(=O)[C@H](C)[C@@H](OC2C[C@@](C)(OC)[C@@H](OC(=O)c3ccccc3)[C@H](C)O2)[C@H](C)[C@@H](OC2O[C@H](C)C[C@H](N(C)C)[C@H]2OC(=O)c2ccccc2)[C@@](C)(OC)C[C@@H](C)C(=O)/C(C)=C/[C@@]1(OC(C)=O)C(F)(F)F. The standard InChI is InChI=1S/C54H74F3NO15/c1-15-40-53(54(55,56)57,73-36(8)59)28-31(3)42(60)30(2)27-51(9,64-13)45(72-50-44(39(58(11)12)26-32(4)66-50)70-48(62)37-22-18-16-19-23-37)33(5)43(34(6)47(61)68-40)69-41-29-52(10,65-14)46(35(7)67-41)71-49(63)38-24-20-17-21-25-38/h16-25,28,30,32-35,39-41,43-46,50H,15,26-27,29H2,1-14H3/b31-28+/t30-,32-,33+,34-,35+,39+,40-,41?,43+,44-,45-,46+,50?,51+,52-,53+/m1/s1. The molecule has 0 aromatic heterocycles. The van der Waals surface area contributed by atoms with Crippen molar-refractivity contribution in [2.24, 2.45) is 17.8 Å². The molecule has 16 atom stereocenters. The van der Waals surface area contributed by atoms with Crippen molar-refractivity contribution in [2.45, 2.75) is 179 Å². The van der Waals surface area contributed by atoms with Crippen LogP contribution in [-0.2, 0) is 61.8 Å². The minimum absolute atomic E-state index is 0.0965. The molecule has 2 aromatic carbocycles. The number of rotatable bonds is 13. The number of ketones is 1. The van der Waals surface area contributed by atoms with Gasteiger partial charge in [-0.15, -0.1) is 0 Å². The number of hydrogen-bond donors (Lipinski definition) is 0. The lowest BCUT2D eigenvalue weighted by Gasteiger charge is -2.50. The maximum Gasteiger partial charge on any atom is 0.435 e. The molecule has 3 aliphatic rings. The molecule has 3 aliphatic heterocycles. The first-order valence-electron chi connectivity index (χ1n) is 24.8. The summed E-state index contributed by atoms with van der Waals surface area (Å²) in [6.07, 6.45) is -16.1. The Morgan fingerprint density at radius 1 is 0.781 bits per heavy atom. The van der Waals surface area contributed by atoms with Gasteiger partial charge in [0.2, 0.25) is 0 Å². The van der Waals surface area contributed by atoms with E-state index in [2.05, 4.69) is 0 Å². The third kappa shape index (κ3) is 13.4. The average molecular weight is 1030 g/mol. The van der Waals surface area contributed by atoms with Gasteiger partial charge in [0.15, 0.2) is 36.7 Å². The molecular weight excluding hydrogens is 960 g/mol. The number of halogens is 3. The van der Waals surface area contributed by atoms with Crippen LogP contribution in [0.4, 0.5) is 13.2 Å². The van der Waals surface area contributed by atoms with Gasteiger partial charge < -0.3 is 52.3 Å². The number of carbonyl (C=O) groups excluding carboxylic acids is 5. The molecule has 3 heterocycles. The third-order valence-electron chi connectivity index (χ3n) is 14.5. The van der Waals surface area contributed by atoms with Gasteiger partial charge in [-0.25, -0.2) is 9.59 Å². The van der Waals surface area contributed by atoms with Crippen LogP contribution < -0.4 is 0 Å². The Labute approximate surface area is 426 Å². The van der Waals surface area contributed by atoms with Gasteiger partial charge in [-0.1, -0.05) is 57.2 Å². The third-order valence-corrected chi connectivity index (χ3v) is 14.5. The highest BCUT2D eigenvalue weighted by Crippen LogP contribution is 2.45. The Hall–Kier alpha value is -4.76. The zero-order valence-electron chi connectivity index (χ0n) is 44.4.